The zero-order chi connectivity index (χ0) is 11.7. The van der Waals surface area contributed by atoms with Crippen LogP contribution >= 0.6 is 0 Å². The molecule has 1 unspecified atom stereocenters. The van der Waals surface area contributed by atoms with Crippen LogP contribution in [0, 0.1) is 0 Å². The van der Waals surface area contributed by atoms with Crippen LogP contribution < -0.4 is 0 Å². The zero-order valence-electron chi connectivity index (χ0n) is 9.93. The maximum absolute atomic E-state index is 4.16. The van der Waals surface area contributed by atoms with Crippen LogP contribution in [-0.4, -0.2) is 4.98 Å². The third-order valence-electron chi connectivity index (χ3n) is 3.39. The molecule has 1 aliphatic carbocycles. The predicted molar refractivity (Wildman–Crippen MR) is 71.6 cm³/mol. The fraction of sp³-hybridized carbons (Fsp3) is 0.188. The van der Waals surface area contributed by atoms with E-state index in [1.165, 1.54) is 22.3 Å². The minimum absolute atomic E-state index is 0.633. The number of allylic oxidation sites excluding steroid dienone is 1. The molecule has 84 valence electrons. The summed E-state index contributed by atoms with van der Waals surface area (Å²) in [6.45, 7) is 2.29. The number of hydrogen-bond acceptors (Lipinski definition) is 1. The molecule has 0 saturated heterocycles. The standard InChI is InChI=1S/C16H15N/c1-12-9-14(10-13-5-4-8-17-11-13)16-7-3-2-6-15(12)16/h2-8,10-12H,9H2,1H3/b14-10+. The Morgan fingerprint density at radius 2 is 2.06 bits per heavy atom. The Bertz CT molecular complexity index is 555. The first-order chi connectivity index (χ1) is 8.34. The number of hydrogen-bond donors (Lipinski definition) is 0. The first kappa shape index (κ1) is 10.3. The number of benzene rings is 1. The third kappa shape index (κ3) is 1.89. The fourth-order valence-electron chi connectivity index (χ4n) is 2.57. The molecule has 0 bridgehead atoms. The number of aromatic nitrogens is 1. The van der Waals surface area contributed by atoms with Gasteiger partial charge in [0.05, 0.1) is 0 Å². The van der Waals surface area contributed by atoms with Crippen LogP contribution in [0.2, 0.25) is 0 Å². The summed E-state index contributed by atoms with van der Waals surface area (Å²) in [5, 5.41) is 0. The lowest BCUT2D eigenvalue weighted by Crippen LogP contribution is -1.83. The van der Waals surface area contributed by atoms with E-state index in [0.29, 0.717) is 5.92 Å². The Labute approximate surface area is 102 Å². The summed E-state index contributed by atoms with van der Waals surface area (Å²) in [5.41, 5.74) is 5.50. The van der Waals surface area contributed by atoms with E-state index in [0.717, 1.165) is 6.42 Å². The maximum Gasteiger partial charge on any atom is 0.0340 e. The van der Waals surface area contributed by atoms with Crippen molar-refractivity contribution in [2.45, 2.75) is 19.3 Å². The second kappa shape index (κ2) is 4.17. The number of rotatable bonds is 1. The van der Waals surface area contributed by atoms with Gasteiger partial charge < -0.3 is 0 Å². The molecule has 1 aromatic heterocycles. The predicted octanol–water partition coefficient (Wildman–Crippen LogP) is 4.13. The topological polar surface area (TPSA) is 12.9 Å². The summed E-state index contributed by atoms with van der Waals surface area (Å²) in [4.78, 5) is 4.16. The largest absolute Gasteiger partial charge is 0.264 e. The van der Waals surface area contributed by atoms with Crippen molar-refractivity contribution in [3.05, 3.63) is 65.5 Å². The van der Waals surface area contributed by atoms with Gasteiger partial charge in [-0.05, 0) is 46.7 Å². The second-order valence-corrected chi connectivity index (χ2v) is 4.65. The lowest BCUT2D eigenvalue weighted by atomic mass is 10.0. The van der Waals surface area contributed by atoms with Crippen LogP contribution in [-0.2, 0) is 0 Å². The van der Waals surface area contributed by atoms with Crippen LogP contribution in [0.15, 0.2) is 48.8 Å². The highest BCUT2D eigenvalue weighted by Gasteiger charge is 2.21. The van der Waals surface area contributed by atoms with Gasteiger partial charge in [-0.2, -0.15) is 0 Å². The summed E-state index contributed by atoms with van der Waals surface area (Å²) in [6, 6.07) is 12.8. The molecule has 1 heteroatoms. The van der Waals surface area contributed by atoms with Crippen LogP contribution in [0.3, 0.4) is 0 Å². The first-order valence-electron chi connectivity index (χ1n) is 6.04. The number of pyridine rings is 1. The highest BCUT2D eigenvalue weighted by molar-refractivity contribution is 5.85. The summed E-state index contributed by atoms with van der Waals surface area (Å²) < 4.78 is 0. The van der Waals surface area contributed by atoms with Gasteiger partial charge in [0.2, 0.25) is 0 Å². The van der Waals surface area contributed by atoms with Crippen molar-refractivity contribution in [1.82, 2.24) is 4.98 Å². The van der Waals surface area contributed by atoms with Gasteiger partial charge in [-0.3, -0.25) is 4.98 Å². The molecule has 3 rings (SSSR count). The number of fused-ring (bicyclic) bond motifs is 1. The van der Waals surface area contributed by atoms with Gasteiger partial charge in [0, 0.05) is 12.4 Å². The van der Waals surface area contributed by atoms with E-state index in [1.54, 1.807) is 0 Å². The smallest absolute Gasteiger partial charge is 0.0340 e. The monoisotopic (exact) mass is 221 g/mol. The van der Waals surface area contributed by atoms with E-state index in [1.807, 2.05) is 18.5 Å². The summed E-state index contributed by atoms with van der Waals surface area (Å²) in [7, 11) is 0. The molecule has 0 spiro atoms. The van der Waals surface area contributed by atoms with E-state index in [2.05, 4.69) is 48.3 Å². The molecular formula is C16H15N. The van der Waals surface area contributed by atoms with Gasteiger partial charge >= 0.3 is 0 Å². The normalized spacial score (nSPS) is 20.5. The molecule has 1 atom stereocenters. The van der Waals surface area contributed by atoms with Gasteiger partial charge in [-0.1, -0.05) is 37.3 Å². The van der Waals surface area contributed by atoms with Gasteiger partial charge in [-0.15, -0.1) is 0 Å². The van der Waals surface area contributed by atoms with Crippen molar-refractivity contribution >= 4 is 11.6 Å². The Morgan fingerprint density at radius 3 is 2.88 bits per heavy atom. The van der Waals surface area contributed by atoms with Crippen LogP contribution in [0.25, 0.3) is 11.6 Å². The van der Waals surface area contributed by atoms with Crippen molar-refractivity contribution in [1.29, 1.82) is 0 Å². The molecular weight excluding hydrogens is 206 g/mol. The molecule has 1 aliphatic rings. The number of nitrogens with zero attached hydrogens (tertiary/aromatic N) is 1. The molecule has 0 fully saturated rings. The van der Waals surface area contributed by atoms with Crippen LogP contribution in [0.5, 0.6) is 0 Å². The highest BCUT2D eigenvalue weighted by atomic mass is 14.6. The fourth-order valence-corrected chi connectivity index (χ4v) is 2.57. The minimum atomic E-state index is 0.633. The third-order valence-corrected chi connectivity index (χ3v) is 3.39. The Balaban J connectivity index is 2.05. The van der Waals surface area contributed by atoms with E-state index in [4.69, 9.17) is 0 Å². The lowest BCUT2D eigenvalue weighted by molar-refractivity contribution is 0.829. The summed E-state index contributed by atoms with van der Waals surface area (Å²) in [6.07, 6.45) is 7.12. The average molecular weight is 221 g/mol. The summed E-state index contributed by atoms with van der Waals surface area (Å²) in [5.74, 6) is 0.633. The quantitative estimate of drug-likeness (QED) is 0.705. The first-order valence-corrected chi connectivity index (χ1v) is 6.04. The maximum atomic E-state index is 4.16. The molecule has 0 N–H and O–H groups in total. The SMILES string of the molecule is CC1C/C(=C\c2cccnc2)c2ccccc21. The second-order valence-electron chi connectivity index (χ2n) is 4.65. The Kier molecular flexibility index (Phi) is 2.52. The minimum Gasteiger partial charge on any atom is -0.264 e. The molecule has 17 heavy (non-hydrogen) atoms. The van der Waals surface area contributed by atoms with Gasteiger partial charge in [0.1, 0.15) is 0 Å². The van der Waals surface area contributed by atoms with Crippen molar-refractivity contribution in [2.24, 2.45) is 0 Å². The van der Waals surface area contributed by atoms with Crippen molar-refractivity contribution < 1.29 is 0 Å². The van der Waals surface area contributed by atoms with Crippen LogP contribution in [0.1, 0.15) is 36.0 Å². The molecule has 0 saturated carbocycles. The Morgan fingerprint density at radius 1 is 1.18 bits per heavy atom. The molecule has 0 radical (unpaired) electrons. The molecule has 1 heterocycles. The zero-order valence-corrected chi connectivity index (χ0v) is 9.93. The molecule has 0 amide bonds. The molecule has 2 aromatic rings. The van der Waals surface area contributed by atoms with Crippen molar-refractivity contribution in [2.75, 3.05) is 0 Å². The van der Waals surface area contributed by atoms with E-state index in [-0.39, 0.29) is 0 Å². The van der Waals surface area contributed by atoms with E-state index < -0.39 is 0 Å². The Hall–Kier alpha value is -1.89. The van der Waals surface area contributed by atoms with Crippen LogP contribution in [0.4, 0.5) is 0 Å². The van der Waals surface area contributed by atoms with Gasteiger partial charge in [-0.25, -0.2) is 0 Å². The lowest BCUT2D eigenvalue weighted by Gasteiger charge is -2.01. The van der Waals surface area contributed by atoms with Gasteiger partial charge in [0.15, 0.2) is 0 Å². The van der Waals surface area contributed by atoms with E-state index >= 15 is 0 Å². The molecule has 1 nitrogen and oxygen atoms in total. The average Bonchev–Trinajstić information content (AvgIpc) is 2.69. The van der Waals surface area contributed by atoms with E-state index in [9.17, 15) is 0 Å². The van der Waals surface area contributed by atoms with Crippen molar-refractivity contribution in [3.63, 3.8) is 0 Å². The summed E-state index contributed by atoms with van der Waals surface area (Å²) >= 11 is 0. The molecule has 0 aliphatic heterocycles. The van der Waals surface area contributed by atoms with Gasteiger partial charge in [0.25, 0.3) is 0 Å². The highest BCUT2D eigenvalue weighted by Crippen LogP contribution is 2.41. The van der Waals surface area contributed by atoms with Crippen molar-refractivity contribution in [3.8, 4) is 0 Å². The molecule has 1 aromatic carbocycles.